The number of rotatable bonds is 8. The molecule has 2 aromatic carbocycles. The van der Waals surface area contributed by atoms with E-state index in [0.717, 1.165) is 19.3 Å². The van der Waals surface area contributed by atoms with Gasteiger partial charge in [0.15, 0.2) is 11.5 Å². The summed E-state index contributed by atoms with van der Waals surface area (Å²) in [5, 5.41) is 6.27. The molecule has 0 aliphatic carbocycles. The van der Waals surface area contributed by atoms with Crippen molar-refractivity contribution in [2.24, 2.45) is 0 Å². The molecule has 8 nitrogen and oxygen atoms in total. The van der Waals surface area contributed by atoms with E-state index in [0.29, 0.717) is 29.3 Å². The average Bonchev–Trinajstić information content (AvgIpc) is 2.81. The number of hydrogen-bond donors (Lipinski definition) is 2. The number of nitrogens with zero attached hydrogens (tertiary/aromatic N) is 1. The fourth-order valence-corrected chi connectivity index (χ4v) is 5.93. The molecule has 3 rings (SSSR count). The van der Waals surface area contributed by atoms with Crippen LogP contribution in [-0.4, -0.2) is 51.0 Å². The summed E-state index contributed by atoms with van der Waals surface area (Å²) in [6.07, 6.45) is 2.79. The molecule has 192 valence electrons. The lowest BCUT2D eigenvalue weighted by Gasteiger charge is -2.32. The SMILES string of the molecule is COc1ccc(C(Nc2ccc(S(=O)(=O)N3CCCCC3C)cc2)C(=O)NC(C)(C)C)cc1OC. The largest absolute Gasteiger partial charge is 0.493 e. The van der Waals surface area contributed by atoms with Gasteiger partial charge in [0.05, 0.1) is 19.1 Å². The van der Waals surface area contributed by atoms with E-state index >= 15 is 0 Å². The molecule has 0 aromatic heterocycles. The molecule has 0 spiro atoms. The summed E-state index contributed by atoms with van der Waals surface area (Å²) in [6.45, 7) is 8.24. The van der Waals surface area contributed by atoms with Crippen LogP contribution in [0.25, 0.3) is 0 Å². The Morgan fingerprint density at radius 1 is 1.03 bits per heavy atom. The van der Waals surface area contributed by atoms with Gasteiger partial charge in [-0.3, -0.25) is 4.79 Å². The zero-order valence-electron chi connectivity index (χ0n) is 21.4. The summed E-state index contributed by atoms with van der Waals surface area (Å²) in [5.74, 6) is 0.855. The molecule has 1 heterocycles. The molecule has 0 radical (unpaired) electrons. The first-order chi connectivity index (χ1) is 16.5. The van der Waals surface area contributed by atoms with Gasteiger partial charge in [-0.1, -0.05) is 12.5 Å². The number of piperidine rings is 1. The molecule has 2 unspecified atom stereocenters. The van der Waals surface area contributed by atoms with Crippen LogP contribution >= 0.6 is 0 Å². The molecule has 1 fully saturated rings. The van der Waals surface area contributed by atoms with Crippen molar-refractivity contribution in [2.75, 3.05) is 26.1 Å². The van der Waals surface area contributed by atoms with Crippen molar-refractivity contribution in [1.82, 2.24) is 9.62 Å². The van der Waals surface area contributed by atoms with Crippen molar-refractivity contribution < 1.29 is 22.7 Å². The van der Waals surface area contributed by atoms with E-state index in [1.807, 2.05) is 27.7 Å². The molecule has 0 bridgehead atoms. The summed E-state index contributed by atoms with van der Waals surface area (Å²) in [4.78, 5) is 13.5. The molecule has 2 N–H and O–H groups in total. The Hall–Kier alpha value is -2.78. The first kappa shape index (κ1) is 26.8. The van der Waals surface area contributed by atoms with Crippen molar-refractivity contribution in [2.45, 2.75) is 69.5 Å². The third-order valence-electron chi connectivity index (χ3n) is 6.02. The number of benzene rings is 2. The summed E-state index contributed by atoms with van der Waals surface area (Å²) < 4.78 is 38.7. The molecule has 1 saturated heterocycles. The molecule has 1 amide bonds. The van der Waals surface area contributed by atoms with Gasteiger partial charge in [-0.2, -0.15) is 4.31 Å². The number of sulfonamides is 1. The van der Waals surface area contributed by atoms with Crippen LogP contribution in [0.1, 0.15) is 58.6 Å². The van der Waals surface area contributed by atoms with Gasteiger partial charge in [0.2, 0.25) is 15.9 Å². The maximum atomic E-state index is 13.2. The van der Waals surface area contributed by atoms with Gasteiger partial charge in [-0.15, -0.1) is 0 Å². The van der Waals surface area contributed by atoms with E-state index in [-0.39, 0.29) is 16.8 Å². The molecule has 35 heavy (non-hydrogen) atoms. The molecule has 1 aliphatic rings. The van der Waals surface area contributed by atoms with E-state index in [4.69, 9.17) is 9.47 Å². The van der Waals surface area contributed by atoms with Gasteiger partial charge in [-0.25, -0.2) is 8.42 Å². The number of hydrogen-bond acceptors (Lipinski definition) is 6. The van der Waals surface area contributed by atoms with Crippen molar-refractivity contribution in [1.29, 1.82) is 0 Å². The number of carbonyl (C=O) groups excluding carboxylic acids is 1. The predicted molar refractivity (Wildman–Crippen MR) is 137 cm³/mol. The Morgan fingerprint density at radius 2 is 1.69 bits per heavy atom. The second-order valence-electron chi connectivity index (χ2n) is 9.92. The number of anilines is 1. The molecule has 2 atom stereocenters. The number of amides is 1. The minimum atomic E-state index is -3.57. The maximum Gasteiger partial charge on any atom is 0.247 e. The molecule has 2 aromatic rings. The highest BCUT2D eigenvalue weighted by Crippen LogP contribution is 2.32. The average molecular weight is 504 g/mol. The minimum Gasteiger partial charge on any atom is -0.493 e. The van der Waals surface area contributed by atoms with E-state index < -0.39 is 21.6 Å². The summed E-state index contributed by atoms with van der Waals surface area (Å²) in [7, 11) is -0.471. The van der Waals surface area contributed by atoms with Crippen LogP contribution in [0.4, 0.5) is 5.69 Å². The standard InChI is InChI=1S/C26H37N3O5S/c1-18-9-7-8-16-29(18)35(31,32)21-13-11-20(12-14-21)27-24(25(30)28-26(2,3)4)19-10-15-22(33-5)23(17-19)34-6/h10-15,17-18,24,27H,7-9,16H2,1-6H3,(H,28,30). The van der Waals surface area contributed by atoms with Crippen LogP contribution in [0.2, 0.25) is 0 Å². The van der Waals surface area contributed by atoms with Crippen LogP contribution < -0.4 is 20.1 Å². The molecular formula is C26H37N3O5S. The Labute approximate surface area is 209 Å². The monoisotopic (exact) mass is 503 g/mol. The number of carbonyl (C=O) groups is 1. The van der Waals surface area contributed by atoms with Crippen molar-refractivity contribution in [3.05, 3.63) is 48.0 Å². The van der Waals surface area contributed by atoms with E-state index in [1.54, 1.807) is 61.0 Å². The second kappa shape index (κ2) is 10.9. The maximum absolute atomic E-state index is 13.2. The Balaban J connectivity index is 1.89. The number of ether oxygens (including phenoxy) is 2. The van der Waals surface area contributed by atoms with Crippen LogP contribution in [0, 0.1) is 0 Å². The highest BCUT2D eigenvalue weighted by atomic mass is 32.2. The second-order valence-corrected chi connectivity index (χ2v) is 11.8. The molecule has 9 heteroatoms. The van der Waals surface area contributed by atoms with E-state index in [9.17, 15) is 13.2 Å². The fraction of sp³-hybridized carbons (Fsp3) is 0.500. The first-order valence-corrected chi connectivity index (χ1v) is 13.3. The van der Waals surface area contributed by atoms with Crippen LogP contribution in [0.15, 0.2) is 47.4 Å². The summed E-state index contributed by atoms with van der Waals surface area (Å²) in [6, 6.07) is 11.1. The summed E-state index contributed by atoms with van der Waals surface area (Å²) in [5.41, 5.74) is 0.874. The topological polar surface area (TPSA) is 97.0 Å². The lowest BCUT2D eigenvalue weighted by atomic mass is 10.0. The van der Waals surface area contributed by atoms with Crippen molar-refractivity contribution in [3.63, 3.8) is 0 Å². The van der Waals surface area contributed by atoms with E-state index in [2.05, 4.69) is 10.6 Å². The van der Waals surface area contributed by atoms with Crippen LogP contribution in [0.5, 0.6) is 11.5 Å². The quantitative estimate of drug-likeness (QED) is 0.556. The number of nitrogens with one attached hydrogen (secondary N) is 2. The van der Waals surface area contributed by atoms with Gasteiger partial charge in [-0.05, 0) is 82.5 Å². The van der Waals surface area contributed by atoms with E-state index in [1.165, 1.54) is 0 Å². The summed E-state index contributed by atoms with van der Waals surface area (Å²) >= 11 is 0. The minimum absolute atomic E-state index is 0.0120. The van der Waals surface area contributed by atoms with Gasteiger partial charge >= 0.3 is 0 Å². The lowest BCUT2D eigenvalue weighted by molar-refractivity contribution is -0.123. The predicted octanol–water partition coefficient (Wildman–Crippen LogP) is 4.33. The number of methoxy groups -OCH3 is 2. The smallest absolute Gasteiger partial charge is 0.247 e. The van der Waals surface area contributed by atoms with Crippen LogP contribution in [-0.2, 0) is 14.8 Å². The van der Waals surface area contributed by atoms with Gasteiger partial charge < -0.3 is 20.1 Å². The Morgan fingerprint density at radius 3 is 2.26 bits per heavy atom. The molecule has 0 saturated carbocycles. The van der Waals surface area contributed by atoms with Gasteiger partial charge in [0.25, 0.3) is 0 Å². The normalized spacial score (nSPS) is 17.9. The fourth-order valence-electron chi connectivity index (χ4n) is 4.23. The molecule has 1 aliphatic heterocycles. The zero-order valence-corrected chi connectivity index (χ0v) is 22.2. The van der Waals surface area contributed by atoms with Gasteiger partial charge in [0, 0.05) is 23.8 Å². The van der Waals surface area contributed by atoms with Crippen molar-refractivity contribution in [3.8, 4) is 11.5 Å². The Kier molecular flexibility index (Phi) is 8.33. The molecular weight excluding hydrogens is 466 g/mol. The third kappa shape index (κ3) is 6.46. The zero-order chi connectivity index (χ0) is 25.8. The first-order valence-electron chi connectivity index (χ1n) is 11.9. The Bertz CT molecular complexity index is 1130. The third-order valence-corrected chi connectivity index (χ3v) is 8.04. The van der Waals surface area contributed by atoms with Gasteiger partial charge in [0.1, 0.15) is 6.04 Å². The highest BCUT2D eigenvalue weighted by Gasteiger charge is 2.31. The highest BCUT2D eigenvalue weighted by molar-refractivity contribution is 7.89. The van der Waals surface area contributed by atoms with Crippen molar-refractivity contribution >= 4 is 21.6 Å². The lowest BCUT2D eigenvalue weighted by Crippen LogP contribution is -2.44. The van der Waals surface area contributed by atoms with Crippen LogP contribution in [0.3, 0.4) is 0 Å².